The molecule has 2 heterocycles. The number of halogens is 2. The number of rotatable bonds is 7. The highest BCUT2D eigenvalue weighted by Crippen LogP contribution is 2.22. The molecule has 0 bridgehead atoms. The molecule has 3 rings (SSSR count). The van der Waals surface area contributed by atoms with Crippen LogP contribution in [0.1, 0.15) is 31.5 Å². The van der Waals surface area contributed by atoms with Gasteiger partial charge >= 0.3 is 0 Å². The molecule has 0 unspecified atom stereocenters. The van der Waals surface area contributed by atoms with Gasteiger partial charge in [0.25, 0.3) is 5.56 Å². The predicted molar refractivity (Wildman–Crippen MR) is 116 cm³/mol. The van der Waals surface area contributed by atoms with Crippen molar-refractivity contribution in [2.24, 2.45) is 16.6 Å². The van der Waals surface area contributed by atoms with Gasteiger partial charge in [0, 0.05) is 57.4 Å². The Hall–Kier alpha value is -3.43. The Kier molecular flexibility index (Phi) is 7.45. The number of likely N-dealkylation sites (tertiary alicyclic amines) is 1. The van der Waals surface area contributed by atoms with Crippen molar-refractivity contribution < 1.29 is 18.4 Å². The number of ketones is 1. The van der Waals surface area contributed by atoms with Crippen molar-refractivity contribution in [3.05, 3.63) is 51.7 Å². The number of fused-ring (bicyclic) bond motifs is 1. The van der Waals surface area contributed by atoms with Gasteiger partial charge in [-0.15, -0.1) is 0 Å². The molecule has 3 N–H and O–H groups in total. The summed E-state index contributed by atoms with van der Waals surface area (Å²) in [7, 11) is 1.57. The van der Waals surface area contributed by atoms with Crippen LogP contribution in [0.2, 0.25) is 0 Å². The van der Waals surface area contributed by atoms with E-state index in [1.54, 1.807) is 11.9 Å². The number of nitrogens with two attached hydrogens (primary N) is 1. The van der Waals surface area contributed by atoms with E-state index in [2.05, 4.69) is 15.0 Å². The summed E-state index contributed by atoms with van der Waals surface area (Å²) in [5.74, 6) is -1.83. The summed E-state index contributed by atoms with van der Waals surface area (Å²) < 4.78 is 27.3. The molecule has 2 aromatic rings. The SMILES string of the molecule is CN=CC(=CN)C(=O)C1CCN(C(=O)CCCc2nc3c(F)cc(F)cc3c(=O)[nH]2)CC1. The van der Waals surface area contributed by atoms with Crippen LogP contribution in [-0.2, 0) is 16.0 Å². The molecule has 1 aromatic carbocycles. The molecule has 0 atom stereocenters. The summed E-state index contributed by atoms with van der Waals surface area (Å²) in [6, 6.07) is 1.62. The third-order valence-corrected chi connectivity index (χ3v) is 5.53. The van der Waals surface area contributed by atoms with Gasteiger partial charge in [-0.1, -0.05) is 0 Å². The van der Waals surface area contributed by atoms with Crippen molar-refractivity contribution in [3.63, 3.8) is 0 Å². The first-order valence-electron chi connectivity index (χ1n) is 10.4. The third-order valence-electron chi connectivity index (χ3n) is 5.53. The average Bonchev–Trinajstić information content (AvgIpc) is 2.78. The highest BCUT2D eigenvalue weighted by molar-refractivity contribution is 6.14. The van der Waals surface area contributed by atoms with Gasteiger partial charge < -0.3 is 15.6 Å². The number of amides is 1. The van der Waals surface area contributed by atoms with E-state index in [9.17, 15) is 23.2 Å². The fourth-order valence-electron chi connectivity index (χ4n) is 3.85. The maximum Gasteiger partial charge on any atom is 0.258 e. The molecule has 32 heavy (non-hydrogen) atoms. The van der Waals surface area contributed by atoms with Crippen LogP contribution in [-0.4, -0.2) is 52.9 Å². The number of allylic oxidation sites excluding steroid dienone is 1. The second-order valence-corrected chi connectivity index (χ2v) is 7.68. The van der Waals surface area contributed by atoms with Crippen molar-refractivity contribution in [1.82, 2.24) is 14.9 Å². The van der Waals surface area contributed by atoms with Gasteiger partial charge in [-0.05, 0) is 25.3 Å². The van der Waals surface area contributed by atoms with E-state index in [4.69, 9.17) is 5.73 Å². The lowest BCUT2D eigenvalue weighted by Crippen LogP contribution is -2.40. The number of benzene rings is 1. The molecule has 0 aliphatic carbocycles. The van der Waals surface area contributed by atoms with Gasteiger partial charge in [0.15, 0.2) is 11.6 Å². The summed E-state index contributed by atoms with van der Waals surface area (Å²) in [6.07, 6.45) is 4.69. The maximum atomic E-state index is 13.9. The lowest BCUT2D eigenvalue weighted by molar-refractivity contribution is -0.134. The number of piperidine rings is 1. The number of Topliss-reactive ketones (excluding diaryl/α,β-unsaturated/α-hetero) is 1. The van der Waals surface area contributed by atoms with Crippen molar-refractivity contribution in [3.8, 4) is 0 Å². The lowest BCUT2D eigenvalue weighted by Gasteiger charge is -2.31. The molecule has 0 saturated carbocycles. The van der Waals surface area contributed by atoms with Crippen LogP contribution in [0, 0.1) is 17.6 Å². The van der Waals surface area contributed by atoms with Gasteiger partial charge in [0.1, 0.15) is 17.2 Å². The fourth-order valence-corrected chi connectivity index (χ4v) is 3.85. The molecule has 0 radical (unpaired) electrons. The normalized spacial score (nSPS) is 15.6. The number of carbonyl (C=O) groups is 2. The quantitative estimate of drug-likeness (QED) is 0.498. The van der Waals surface area contributed by atoms with Crippen LogP contribution in [0.25, 0.3) is 10.9 Å². The van der Waals surface area contributed by atoms with E-state index in [1.807, 2.05) is 0 Å². The zero-order valence-electron chi connectivity index (χ0n) is 17.7. The Morgan fingerprint density at radius 2 is 2.03 bits per heavy atom. The molecule has 8 nitrogen and oxygen atoms in total. The van der Waals surface area contributed by atoms with Gasteiger partial charge in [0.05, 0.1) is 11.0 Å². The van der Waals surface area contributed by atoms with Gasteiger partial charge in [-0.25, -0.2) is 13.8 Å². The molecule has 1 aromatic heterocycles. The first-order valence-corrected chi connectivity index (χ1v) is 10.4. The standard InChI is InChI=1S/C22H25F2N5O3/c1-26-12-14(11-25)21(31)13-5-7-29(8-6-13)19(30)4-2-3-18-27-20-16(22(32)28-18)9-15(23)10-17(20)24/h9-13H,2-8,25H2,1H3,(H,27,28,32). The Balaban J connectivity index is 1.53. The van der Waals surface area contributed by atoms with Crippen LogP contribution >= 0.6 is 0 Å². The second kappa shape index (κ2) is 10.3. The van der Waals surface area contributed by atoms with Gasteiger partial charge in [0.2, 0.25) is 5.91 Å². The predicted octanol–water partition coefficient (Wildman–Crippen LogP) is 1.87. The summed E-state index contributed by atoms with van der Waals surface area (Å²) in [5.41, 5.74) is 5.05. The van der Waals surface area contributed by atoms with Crippen LogP contribution in [0.15, 0.2) is 33.7 Å². The highest BCUT2D eigenvalue weighted by atomic mass is 19.1. The number of hydrogen-bond donors (Lipinski definition) is 2. The number of aromatic amines is 1. The second-order valence-electron chi connectivity index (χ2n) is 7.68. The number of hydrogen-bond acceptors (Lipinski definition) is 6. The van der Waals surface area contributed by atoms with Crippen LogP contribution in [0.4, 0.5) is 8.78 Å². The minimum Gasteiger partial charge on any atom is -0.404 e. The zero-order valence-corrected chi connectivity index (χ0v) is 17.7. The van der Waals surface area contributed by atoms with Crippen LogP contribution in [0.3, 0.4) is 0 Å². The van der Waals surface area contributed by atoms with E-state index >= 15 is 0 Å². The minimum atomic E-state index is -0.904. The third kappa shape index (κ3) is 5.24. The molecular weight excluding hydrogens is 420 g/mol. The minimum absolute atomic E-state index is 0.0583. The lowest BCUT2D eigenvalue weighted by atomic mass is 9.89. The largest absolute Gasteiger partial charge is 0.404 e. The number of H-pyrrole nitrogens is 1. The first-order chi connectivity index (χ1) is 15.3. The van der Waals surface area contributed by atoms with E-state index in [0.717, 1.165) is 6.07 Å². The zero-order chi connectivity index (χ0) is 23.3. The monoisotopic (exact) mass is 445 g/mol. The topological polar surface area (TPSA) is 122 Å². The smallest absolute Gasteiger partial charge is 0.258 e. The number of nitrogens with zero attached hydrogens (tertiary/aromatic N) is 3. The van der Waals surface area contributed by atoms with Gasteiger partial charge in [-0.2, -0.15) is 0 Å². The molecule has 0 spiro atoms. The first kappa shape index (κ1) is 23.2. The van der Waals surface area contributed by atoms with E-state index < -0.39 is 17.2 Å². The molecule has 10 heteroatoms. The number of aryl methyl sites for hydroxylation is 1. The average molecular weight is 445 g/mol. The molecular formula is C22H25F2N5O3. The van der Waals surface area contributed by atoms with E-state index in [1.165, 1.54) is 12.4 Å². The molecule has 1 amide bonds. The number of nitrogens with one attached hydrogen (secondary N) is 1. The van der Waals surface area contributed by atoms with E-state index in [0.29, 0.717) is 44.0 Å². The van der Waals surface area contributed by atoms with Crippen molar-refractivity contribution in [2.45, 2.75) is 32.1 Å². The molecule has 1 aliphatic rings. The highest BCUT2D eigenvalue weighted by Gasteiger charge is 2.28. The summed E-state index contributed by atoms with van der Waals surface area (Å²) >= 11 is 0. The Morgan fingerprint density at radius 1 is 1.31 bits per heavy atom. The van der Waals surface area contributed by atoms with Gasteiger partial charge in [-0.3, -0.25) is 19.4 Å². The Bertz CT molecular complexity index is 1130. The summed E-state index contributed by atoms with van der Waals surface area (Å²) in [6.45, 7) is 0.941. The molecule has 1 saturated heterocycles. The van der Waals surface area contributed by atoms with Crippen molar-refractivity contribution in [1.29, 1.82) is 0 Å². The summed E-state index contributed by atoms with van der Waals surface area (Å²) in [4.78, 5) is 49.2. The molecule has 1 aliphatic heterocycles. The number of carbonyl (C=O) groups excluding carboxylic acids is 2. The maximum absolute atomic E-state index is 13.9. The fraction of sp³-hybridized carbons (Fsp3) is 0.409. The van der Waals surface area contributed by atoms with Crippen molar-refractivity contribution in [2.75, 3.05) is 20.1 Å². The number of aromatic nitrogens is 2. The Morgan fingerprint density at radius 3 is 2.69 bits per heavy atom. The van der Waals surface area contributed by atoms with Crippen LogP contribution < -0.4 is 11.3 Å². The Labute approximate surface area is 183 Å². The van der Waals surface area contributed by atoms with Crippen molar-refractivity contribution >= 4 is 28.8 Å². The number of aliphatic imine (C=N–C) groups is 1. The molecule has 170 valence electrons. The van der Waals surface area contributed by atoms with Crippen LogP contribution in [0.5, 0.6) is 0 Å². The summed E-state index contributed by atoms with van der Waals surface area (Å²) in [5, 5.41) is -0.155. The van der Waals surface area contributed by atoms with E-state index in [-0.39, 0.29) is 47.2 Å². The molecule has 1 fully saturated rings.